The molecule has 2 aromatic carbocycles. The Balaban J connectivity index is 2.10. The molecule has 0 spiro atoms. The van der Waals surface area contributed by atoms with E-state index in [0.717, 1.165) is 15.8 Å². The summed E-state index contributed by atoms with van der Waals surface area (Å²) in [6.07, 6.45) is 0. The maximum Gasteiger partial charge on any atom is 0.279 e. The molecule has 3 rings (SSSR count). The van der Waals surface area contributed by atoms with Crippen molar-refractivity contribution in [2.24, 2.45) is 12.0 Å². The number of hydrogen-bond acceptors (Lipinski definition) is 3. The fraction of sp³-hybridized carbons (Fsp3) is 0.118. The number of fused-ring (bicyclic) bond motifs is 1. The minimum absolute atomic E-state index is 0.333. The molecule has 23 heavy (non-hydrogen) atoms. The average Bonchev–Trinajstić information content (AvgIpc) is 2.83. The molecule has 0 radical (unpaired) electrons. The number of aryl methyl sites for hydroxylation is 2. The monoisotopic (exact) mass is 341 g/mol. The van der Waals surface area contributed by atoms with Gasteiger partial charge >= 0.3 is 0 Å². The predicted octanol–water partition coefficient (Wildman–Crippen LogP) is 3.81. The van der Waals surface area contributed by atoms with Crippen molar-refractivity contribution >= 4 is 39.1 Å². The molecule has 1 aromatic heterocycles. The Labute approximate surface area is 141 Å². The molecule has 0 saturated heterocycles. The van der Waals surface area contributed by atoms with Gasteiger partial charge in [-0.25, -0.2) is 0 Å². The topological polar surface area (TPSA) is 58.1 Å². The van der Waals surface area contributed by atoms with Crippen LogP contribution < -0.4 is 4.80 Å². The van der Waals surface area contributed by atoms with Crippen molar-refractivity contribution in [3.63, 3.8) is 0 Å². The number of rotatable bonds is 1. The van der Waals surface area contributed by atoms with Crippen LogP contribution >= 0.6 is 22.9 Å². The molecule has 114 valence electrons. The van der Waals surface area contributed by atoms with Crippen LogP contribution in [0, 0.1) is 18.3 Å². The molecule has 1 amide bonds. The summed E-state index contributed by atoms with van der Waals surface area (Å²) < 4.78 is 2.89. The molecule has 0 aliphatic heterocycles. The van der Waals surface area contributed by atoms with Crippen LogP contribution in [0.25, 0.3) is 10.2 Å². The van der Waals surface area contributed by atoms with E-state index in [4.69, 9.17) is 16.9 Å². The summed E-state index contributed by atoms with van der Waals surface area (Å²) in [5.41, 5.74) is 3.03. The third-order valence-electron chi connectivity index (χ3n) is 3.51. The molecule has 0 aliphatic rings. The van der Waals surface area contributed by atoms with Gasteiger partial charge in [0.2, 0.25) is 0 Å². The number of halogens is 1. The second-order valence-electron chi connectivity index (χ2n) is 5.12. The number of benzene rings is 2. The van der Waals surface area contributed by atoms with Crippen molar-refractivity contribution in [3.05, 3.63) is 62.9 Å². The second kappa shape index (κ2) is 5.99. The standard InChI is InChI=1S/C17H12ClN3OS/c1-10-7-13(18)8-14-15(10)21(2)17(23-14)20-16(22)12-5-3-11(9-19)4-6-12/h3-8H,1-2H3. The Morgan fingerprint density at radius 2 is 2.00 bits per heavy atom. The van der Waals surface area contributed by atoms with E-state index in [1.54, 1.807) is 24.3 Å². The molecular weight excluding hydrogens is 330 g/mol. The van der Waals surface area contributed by atoms with Crippen molar-refractivity contribution < 1.29 is 4.79 Å². The van der Waals surface area contributed by atoms with Crippen LogP contribution in [0.1, 0.15) is 21.5 Å². The first-order valence-electron chi connectivity index (χ1n) is 6.84. The lowest BCUT2D eigenvalue weighted by molar-refractivity contribution is 0.0998. The van der Waals surface area contributed by atoms with Gasteiger partial charge < -0.3 is 4.57 Å². The highest BCUT2D eigenvalue weighted by Gasteiger charge is 2.09. The van der Waals surface area contributed by atoms with E-state index < -0.39 is 0 Å². The quantitative estimate of drug-likeness (QED) is 0.675. The number of nitriles is 1. The molecule has 0 atom stereocenters. The van der Waals surface area contributed by atoms with Crippen LogP contribution in [-0.2, 0) is 7.05 Å². The summed E-state index contributed by atoms with van der Waals surface area (Å²) in [4.78, 5) is 17.1. The van der Waals surface area contributed by atoms with E-state index in [1.165, 1.54) is 11.3 Å². The van der Waals surface area contributed by atoms with Crippen molar-refractivity contribution in [2.75, 3.05) is 0 Å². The second-order valence-corrected chi connectivity index (χ2v) is 6.56. The lowest BCUT2D eigenvalue weighted by atomic mass is 10.1. The zero-order chi connectivity index (χ0) is 16.6. The van der Waals surface area contributed by atoms with Gasteiger partial charge in [0.1, 0.15) is 0 Å². The van der Waals surface area contributed by atoms with Crippen LogP contribution in [0.15, 0.2) is 41.4 Å². The Morgan fingerprint density at radius 3 is 2.65 bits per heavy atom. The summed E-state index contributed by atoms with van der Waals surface area (Å²) >= 11 is 7.51. The Hall–Kier alpha value is -2.42. The SMILES string of the molecule is Cc1cc(Cl)cc2sc(=NC(=O)c3ccc(C#N)cc3)n(C)c12. The average molecular weight is 342 g/mol. The number of hydrogen-bond donors (Lipinski definition) is 0. The highest BCUT2D eigenvalue weighted by atomic mass is 35.5. The number of carbonyl (C=O) groups excluding carboxylic acids is 1. The van der Waals surface area contributed by atoms with Crippen molar-refractivity contribution in [2.45, 2.75) is 6.92 Å². The van der Waals surface area contributed by atoms with Crippen molar-refractivity contribution in [3.8, 4) is 6.07 Å². The first-order chi connectivity index (χ1) is 11.0. The third kappa shape index (κ3) is 2.91. The van der Waals surface area contributed by atoms with Gasteiger partial charge in [-0.2, -0.15) is 10.3 Å². The number of thiazole rings is 1. The molecule has 0 aliphatic carbocycles. The summed E-state index contributed by atoms with van der Waals surface area (Å²) in [6, 6.07) is 12.2. The van der Waals surface area contributed by atoms with Crippen LogP contribution in [0.3, 0.4) is 0 Å². The summed E-state index contributed by atoms with van der Waals surface area (Å²) in [6.45, 7) is 1.98. The van der Waals surface area contributed by atoms with Gasteiger partial charge in [-0.15, -0.1) is 0 Å². The van der Waals surface area contributed by atoms with Gasteiger partial charge in [0.25, 0.3) is 5.91 Å². The lowest BCUT2D eigenvalue weighted by Crippen LogP contribution is -2.13. The number of aromatic nitrogens is 1. The van der Waals surface area contributed by atoms with Gasteiger partial charge in [-0.3, -0.25) is 4.79 Å². The predicted molar refractivity (Wildman–Crippen MR) is 91.6 cm³/mol. The van der Waals surface area contributed by atoms with Crippen LogP contribution in [0.2, 0.25) is 5.02 Å². The van der Waals surface area contributed by atoms with Gasteiger partial charge in [-0.05, 0) is 48.9 Å². The largest absolute Gasteiger partial charge is 0.319 e. The molecule has 0 fully saturated rings. The summed E-state index contributed by atoms with van der Waals surface area (Å²) in [7, 11) is 1.88. The zero-order valence-electron chi connectivity index (χ0n) is 12.5. The highest BCUT2D eigenvalue weighted by Crippen LogP contribution is 2.25. The van der Waals surface area contributed by atoms with Gasteiger partial charge in [0.15, 0.2) is 4.80 Å². The van der Waals surface area contributed by atoms with Crippen LogP contribution in [-0.4, -0.2) is 10.5 Å². The molecule has 4 nitrogen and oxygen atoms in total. The number of amides is 1. The zero-order valence-corrected chi connectivity index (χ0v) is 14.1. The molecule has 0 saturated carbocycles. The van der Waals surface area contributed by atoms with E-state index >= 15 is 0 Å². The Morgan fingerprint density at radius 1 is 1.30 bits per heavy atom. The van der Waals surface area contributed by atoms with E-state index in [0.29, 0.717) is 21.0 Å². The Kier molecular flexibility index (Phi) is 4.03. The van der Waals surface area contributed by atoms with Crippen molar-refractivity contribution in [1.82, 2.24) is 4.57 Å². The maximum atomic E-state index is 12.3. The molecule has 6 heteroatoms. The third-order valence-corrected chi connectivity index (χ3v) is 4.81. The molecule has 1 heterocycles. The molecule has 0 bridgehead atoms. The summed E-state index contributed by atoms with van der Waals surface area (Å²) in [5.74, 6) is -0.333. The van der Waals surface area contributed by atoms with E-state index in [2.05, 4.69) is 4.99 Å². The first-order valence-corrected chi connectivity index (χ1v) is 8.04. The molecule has 0 unspecified atom stereocenters. The minimum Gasteiger partial charge on any atom is -0.319 e. The van der Waals surface area contributed by atoms with Crippen molar-refractivity contribution in [1.29, 1.82) is 5.26 Å². The van der Waals surface area contributed by atoms with E-state index in [-0.39, 0.29) is 5.91 Å². The van der Waals surface area contributed by atoms with Gasteiger partial charge in [0, 0.05) is 17.6 Å². The number of nitrogens with zero attached hydrogens (tertiary/aromatic N) is 3. The van der Waals surface area contributed by atoms with Gasteiger partial charge in [0.05, 0.1) is 21.8 Å². The highest BCUT2D eigenvalue weighted by molar-refractivity contribution is 7.16. The normalized spacial score (nSPS) is 11.7. The van der Waals surface area contributed by atoms with Crippen LogP contribution in [0.5, 0.6) is 0 Å². The van der Waals surface area contributed by atoms with E-state index in [9.17, 15) is 4.79 Å². The molecule has 0 N–H and O–H groups in total. The van der Waals surface area contributed by atoms with Crippen LogP contribution in [0.4, 0.5) is 0 Å². The summed E-state index contributed by atoms with van der Waals surface area (Å²) in [5, 5.41) is 9.47. The van der Waals surface area contributed by atoms with E-state index in [1.807, 2.05) is 36.7 Å². The lowest BCUT2D eigenvalue weighted by Gasteiger charge is -2.00. The Bertz CT molecular complexity index is 1020. The first kappa shape index (κ1) is 15.5. The number of carbonyl (C=O) groups is 1. The molecular formula is C17H12ClN3OS. The fourth-order valence-electron chi connectivity index (χ4n) is 2.41. The fourth-order valence-corrected chi connectivity index (χ4v) is 3.88. The molecule has 3 aromatic rings. The maximum absolute atomic E-state index is 12.3. The van der Waals surface area contributed by atoms with Gasteiger partial charge in [-0.1, -0.05) is 22.9 Å². The minimum atomic E-state index is -0.333. The smallest absolute Gasteiger partial charge is 0.279 e.